The Hall–Kier alpha value is -2.63. The monoisotopic (exact) mass is 524 g/mol. The average molecular weight is 525 g/mol. The summed E-state index contributed by atoms with van der Waals surface area (Å²) in [7, 11) is -1.96. The number of hydrogen-bond acceptors (Lipinski definition) is 5. The van der Waals surface area contributed by atoms with E-state index in [2.05, 4.69) is 56.6 Å². The molecule has 0 aliphatic rings. The van der Waals surface area contributed by atoms with Crippen molar-refractivity contribution >= 4 is 31.4 Å². The molecule has 0 unspecified atom stereocenters. The number of hydrogen-bond donors (Lipinski definition) is 0. The van der Waals surface area contributed by atoms with E-state index >= 15 is 0 Å². The van der Waals surface area contributed by atoms with Crippen LogP contribution in [-0.4, -0.2) is 50.9 Å². The van der Waals surface area contributed by atoms with Gasteiger partial charge >= 0.3 is 0 Å². The summed E-state index contributed by atoms with van der Waals surface area (Å²) in [5.74, 6) is 7.06. The van der Waals surface area contributed by atoms with Gasteiger partial charge in [0.25, 0.3) is 10.0 Å². The largest absolute Gasteiger partial charge is 0.492 e. The standard InChI is InChI=1S/C29H36N2O3S2/c1-6-31(18-11-7-10-17-29(2,3)4)23-24-13-12-15-26(21-24)34-20-19-30(5)36(32,33)28-22-25-14-8-9-16-27(25)35-28/h7-9,11-16,21-22H,6,18-20,23H2,1-5H3/b11-7+. The summed E-state index contributed by atoms with van der Waals surface area (Å²) in [6.07, 6.45) is 4.02. The van der Waals surface area contributed by atoms with Crippen LogP contribution in [-0.2, 0) is 16.6 Å². The van der Waals surface area contributed by atoms with Crippen molar-refractivity contribution in [2.75, 3.05) is 33.3 Å². The SMILES string of the molecule is CCN(C/C=C/C#CC(C)(C)C)Cc1cccc(OCCN(C)S(=O)(=O)c2cc3ccccc3s2)c1. The molecule has 3 aromatic rings. The van der Waals surface area contributed by atoms with Crippen molar-refractivity contribution in [2.24, 2.45) is 5.41 Å². The third-order valence-electron chi connectivity index (χ3n) is 5.51. The number of thiophene rings is 1. The Bertz CT molecular complexity index is 1310. The van der Waals surface area contributed by atoms with Crippen LogP contribution in [0.4, 0.5) is 0 Å². The van der Waals surface area contributed by atoms with Gasteiger partial charge in [-0.1, -0.05) is 55.2 Å². The van der Waals surface area contributed by atoms with E-state index in [0.717, 1.165) is 41.0 Å². The van der Waals surface area contributed by atoms with Gasteiger partial charge in [-0.15, -0.1) is 11.3 Å². The summed E-state index contributed by atoms with van der Waals surface area (Å²) < 4.78 is 34.6. The van der Waals surface area contributed by atoms with E-state index in [-0.39, 0.29) is 18.6 Å². The highest BCUT2D eigenvalue weighted by Crippen LogP contribution is 2.30. The number of nitrogens with zero attached hydrogens (tertiary/aromatic N) is 2. The molecule has 36 heavy (non-hydrogen) atoms. The molecule has 0 N–H and O–H groups in total. The van der Waals surface area contributed by atoms with Crippen LogP contribution < -0.4 is 4.74 Å². The third kappa shape index (κ3) is 8.21. The lowest BCUT2D eigenvalue weighted by molar-refractivity contribution is 0.284. The zero-order valence-corrected chi connectivity index (χ0v) is 23.5. The average Bonchev–Trinajstić information content (AvgIpc) is 3.28. The predicted molar refractivity (Wildman–Crippen MR) is 151 cm³/mol. The number of sulfonamides is 1. The molecule has 0 radical (unpaired) electrons. The molecule has 7 heteroatoms. The minimum atomic E-state index is -3.56. The maximum absolute atomic E-state index is 13.0. The minimum absolute atomic E-state index is 0.00677. The molecule has 0 spiro atoms. The van der Waals surface area contributed by atoms with Crippen molar-refractivity contribution in [1.29, 1.82) is 0 Å². The van der Waals surface area contributed by atoms with E-state index in [1.54, 1.807) is 13.1 Å². The highest BCUT2D eigenvalue weighted by atomic mass is 32.2. The smallest absolute Gasteiger partial charge is 0.252 e. The van der Waals surface area contributed by atoms with Crippen molar-refractivity contribution in [1.82, 2.24) is 9.21 Å². The molecular weight excluding hydrogens is 488 g/mol. The fraction of sp³-hybridized carbons (Fsp3) is 0.379. The van der Waals surface area contributed by atoms with Crippen LogP contribution in [0.3, 0.4) is 0 Å². The van der Waals surface area contributed by atoms with Gasteiger partial charge in [0.05, 0.1) is 0 Å². The van der Waals surface area contributed by atoms with E-state index in [9.17, 15) is 8.42 Å². The molecule has 192 valence electrons. The molecule has 0 aliphatic heterocycles. The van der Waals surface area contributed by atoms with E-state index in [4.69, 9.17) is 4.74 Å². The first-order valence-corrected chi connectivity index (χ1v) is 14.4. The first-order chi connectivity index (χ1) is 17.1. The second-order valence-electron chi connectivity index (χ2n) is 9.68. The number of ether oxygens (including phenoxy) is 1. The van der Waals surface area contributed by atoms with E-state index in [0.29, 0.717) is 4.21 Å². The Kier molecular flexibility index (Phi) is 9.75. The van der Waals surface area contributed by atoms with Crippen LogP contribution in [0.15, 0.2) is 71.0 Å². The summed E-state index contributed by atoms with van der Waals surface area (Å²) >= 11 is 1.29. The van der Waals surface area contributed by atoms with Gasteiger partial charge in [-0.25, -0.2) is 8.42 Å². The lowest BCUT2D eigenvalue weighted by Gasteiger charge is -2.19. The Morgan fingerprint density at radius 3 is 2.58 bits per heavy atom. The molecule has 0 bridgehead atoms. The first-order valence-electron chi connectivity index (χ1n) is 12.2. The number of benzene rings is 2. The van der Waals surface area contributed by atoms with Crippen molar-refractivity contribution in [2.45, 2.75) is 38.4 Å². The van der Waals surface area contributed by atoms with E-state index in [1.807, 2.05) is 48.5 Å². The van der Waals surface area contributed by atoms with Gasteiger partial charge in [0.2, 0.25) is 0 Å². The van der Waals surface area contributed by atoms with E-state index in [1.165, 1.54) is 15.6 Å². The number of fused-ring (bicyclic) bond motifs is 1. The second kappa shape index (κ2) is 12.6. The third-order valence-corrected chi connectivity index (χ3v) is 8.93. The minimum Gasteiger partial charge on any atom is -0.492 e. The predicted octanol–water partition coefficient (Wildman–Crippen LogP) is 6.03. The molecule has 0 saturated carbocycles. The molecule has 5 nitrogen and oxygen atoms in total. The van der Waals surface area contributed by atoms with Gasteiger partial charge in [0, 0.05) is 36.8 Å². The normalized spacial score (nSPS) is 12.4. The number of rotatable bonds is 11. The van der Waals surface area contributed by atoms with Gasteiger partial charge < -0.3 is 4.74 Å². The zero-order chi connectivity index (χ0) is 26.2. The van der Waals surface area contributed by atoms with Crippen molar-refractivity contribution in [3.63, 3.8) is 0 Å². The van der Waals surface area contributed by atoms with Crippen LogP contribution in [0.25, 0.3) is 10.1 Å². The molecule has 1 aromatic heterocycles. The fourth-order valence-electron chi connectivity index (χ4n) is 3.47. The Balaban J connectivity index is 1.53. The Morgan fingerprint density at radius 2 is 1.86 bits per heavy atom. The molecule has 1 heterocycles. The van der Waals surface area contributed by atoms with Crippen LogP contribution in [0, 0.1) is 17.3 Å². The molecular formula is C29H36N2O3S2. The molecule has 0 amide bonds. The van der Waals surface area contributed by atoms with Crippen LogP contribution in [0.1, 0.15) is 33.3 Å². The van der Waals surface area contributed by atoms with Crippen LogP contribution in [0.5, 0.6) is 5.75 Å². The summed E-state index contributed by atoms with van der Waals surface area (Å²) in [5, 5.41) is 0.942. The van der Waals surface area contributed by atoms with Gasteiger partial charge in [0.1, 0.15) is 16.6 Å². The summed E-state index contributed by atoms with van der Waals surface area (Å²) in [4.78, 5) is 2.32. The number of likely N-dealkylation sites (N-methyl/N-ethyl adjacent to an activating group) is 2. The molecule has 0 saturated heterocycles. The maximum Gasteiger partial charge on any atom is 0.252 e. The molecule has 3 rings (SSSR count). The van der Waals surface area contributed by atoms with Gasteiger partial charge in [0.15, 0.2) is 0 Å². The fourth-order valence-corrected chi connectivity index (χ4v) is 6.23. The summed E-state index contributed by atoms with van der Waals surface area (Å²) in [6.45, 7) is 11.5. The molecule has 0 fully saturated rings. The molecule has 0 atom stereocenters. The molecule has 2 aromatic carbocycles. The molecule has 0 aliphatic carbocycles. The van der Waals surface area contributed by atoms with Crippen molar-refractivity contribution in [3.8, 4) is 17.6 Å². The lowest BCUT2D eigenvalue weighted by Crippen LogP contribution is -2.30. The Labute approximate surface area is 220 Å². The van der Waals surface area contributed by atoms with Crippen LogP contribution in [0.2, 0.25) is 0 Å². The van der Waals surface area contributed by atoms with Gasteiger partial charge in [-0.2, -0.15) is 4.31 Å². The lowest BCUT2D eigenvalue weighted by atomic mass is 9.98. The van der Waals surface area contributed by atoms with Gasteiger partial charge in [-0.3, -0.25) is 4.90 Å². The highest BCUT2D eigenvalue weighted by Gasteiger charge is 2.23. The van der Waals surface area contributed by atoms with Crippen LogP contribution >= 0.6 is 11.3 Å². The number of allylic oxidation sites excluding steroid dienone is 1. The summed E-state index contributed by atoms with van der Waals surface area (Å²) in [6, 6.07) is 17.4. The maximum atomic E-state index is 13.0. The zero-order valence-electron chi connectivity index (χ0n) is 21.8. The Morgan fingerprint density at radius 1 is 1.08 bits per heavy atom. The van der Waals surface area contributed by atoms with E-state index < -0.39 is 10.0 Å². The quantitative estimate of drug-likeness (QED) is 0.288. The van der Waals surface area contributed by atoms with Crippen molar-refractivity contribution in [3.05, 3.63) is 72.3 Å². The van der Waals surface area contributed by atoms with Gasteiger partial charge in [-0.05, 0) is 68.6 Å². The topological polar surface area (TPSA) is 49.9 Å². The highest BCUT2D eigenvalue weighted by molar-refractivity contribution is 7.91. The van der Waals surface area contributed by atoms with Crippen molar-refractivity contribution < 1.29 is 13.2 Å². The first kappa shape index (κ1) is 27.9. The second-order valence-corrected chi connectivity index (χ2v) is 13.0. The summed E-state index contributed by atoms with van der Waals surface area (Å²) in [5.41, 5.74) is 1.15.